The molecule has 4 nitrogen and oxygen atoms in total. The van der Waals surface area contributed by atoms with E-state index in [1.54, 1.807) is 48.5 Å². The van der Waals surface area contributed by atoms with Gasteiger partial charge in [0.1, 0.15) is 11.4 Å². The fourth-order valence-corrected chi connectivity index (χ4v) is 2.04. The van der Waals surface area contributed by atoms with Crippen LogP contribution in [0, 0.1) is 0 Å². The van der Waals surface area contributed by atoms with Crippen LogP contribution in [0.15, 0.2) is 66.7 Å². The lowest BCUT2D eigenvalue weighted by Crippen LogP contribution is -2.02. The molecule has 0 amide bonds. The molecule has 0 aliphatic heterocycles. The quantitative estimate of drug-likeness (QED) is 0.745. The first kappa shape index (κ1) is 13.0. The maximum absolute atomic E-state index is 12.2. The summed E-state index contributed by atoms with van der Waals surface area (Å²) in [5.74, 6) is -0.394. The molecule has 0 saturated carbocycles. The van der Waals surface area contributed by atoms with Gasteiger partial charge < -0.3 is 0 Å². The third kappa shape index (κ3) is 2.65. The SMILES string of the molecule is O=C(c1ccccc1)c1cc(C(=O)c2ccccc2)[nH]n1. The van der Waals surface area contributed by atoms with E-state index >= 15 is 0 Å². The van der Waals surface area contributed by atoms with E-state index in [4.69, 9.17) is 0 Å². The molecular formula is C17H12N2O2. The standard InChI is InChI=1S/C17H12N2O2/c20-16(12-7-3-1-4-8-12)14-11-15(19-18-14)17(21)13-9-5-2-6-10-13/h1-11H,(H,18,19). The third-order valence-electron chi connectivity index (χ3n) is 3.13. The zero-order valence-electron chi connectivity index (χ0n) is 11.1. The van der Waals surface area contributed by atoms with Crippen molar-refractivity contribution in [2.45, 2.75) is 0 Å². The fourth-order valence-electron chi connectivity index (χ4n) is 2.04. The van der Waals surface area contributed by atoms with Crippen LogP contribution >= 0.6 is 0 Å². The lowest BCUT2D eigenvalue weighted by molar-refractivity contribution is 0.102. The van der Waals surface area contributed by atoms with Crippen LogP contribution in [0.25, 0.3) is 0 Å². The van der Waals surface area contributed by atoms with Gasteiger partial charge in [-0.25, -0.2) is 0 Å². The number of carbonyl (C=O) groups is 2. The lowest BCUT2D eigenvalue weighted by atomic mass is 10.1. The number of rotatable bonds is 4. The smallest absolute Gasteiger partial charge is 0.213 e. The Morgan fingerprint density at radius 3 is 1.86 bits per heavy atom. The predicted molar refractivity (Wildman–Crippen MR) is 78.3 cm³/mol. The average molecular weight is 276 g/mol. The first-order valence-corrected chi connectivity index (χ1v) is 6.50. The molecule has 102 valence electrons. The summed E-state index contributed by atoms with van der Waals surface area (Å²) in [6.07, 6.45) is 0. The molecule has 0 spiro atoms. The van der Waals surface area contributed by atoms with Gasteiger partial charge in [-0.3, -0.25) is 14.7 Å². The largest absolute Gasteiger partial charge is 0.287 e. The van der Waals surface area contributed by atoms with Crippen molar-refractivity contribution in [3.63, 3.8) is 0 Å². The Morgan fingerprint density at radius 1 is 0.762 bits per heavy atom. The van der Waals surface area contributed by atoms with Gasteiger partial charge in [-0.1, -0.05) is 60.7 Å². The van der Waals surface area contributed by atoms with Gasteiger partial charge in [-0.2, -0.15) is 5.10 Å². The summed E-state index contributed by atoms with van der Waals surface area (Å²) in [7, 11) is 0. The van der Waals surface area contributed by atoms with E-state index in [-0.39, 0.29) is 17.3 Å². The van der Waals surface area contributed by atoms with E-state index in [0.717, 1.165) is 0 Å². The number of benzene rings is 2. The number of nitrogens with one attached hydrogen (secondary N) is 1. The number of carbonyl (C=O) groups excluding carboxylic acids is 2. The van der Waals surface area contributed by atoms with Gasteiger partial charge in [0, 0.05) is 11.1 Å². The number of ketones is 2. The van der Waals surface area contributed by atoms with Crippen LogP contribution < -0.4 is 0 Å². The molecule has 0 bridgehead atoms. The van der Waals surface area contributed by atoms with Crippen molar-refractivity contribution in [2.24, 2.45) is 0 Å². The second-order valence-electron chi connectivity index (χ2n) is 4.56. The minimum Gasteiger partial charge on any atom is -0.287 e. The third-order valence-corrected chi connectivity index (χ3v) is 3.13. The summed E-state index contributed by atoms with van der Waals surface area (Å²) in [4.78, 5) is 24.5. The van der Waals surface area contributed by atoms with Crippen molar-refractivity contribution in [1.82, 2.24) is 10.2 Å². The van der Waals surface area contributed by atoms with Crippen molar-refractivity contribution >= 4 is 11.6 Å². The number of aromatic nitrogens is 2. The zero-order valence-corrected chi connectivity index (χ0v) is 11.1. The van der Waals surface area contributed by atoms with Crippen LogP contribution in [0.2, 0.25) is 0 Å². The van der Waals surface area contributed by atoms with Gasteiger partial charge >= 0.3 is 0 Å². The Balaban J connectivity index is 1.87. The van der Waals surface area contributed by atoms with Crippen LogP contribution in [-0.4, -0.2) is 21.8 Å². The predicted octanol–water partition coefficient (Wildman–Crippen LogP) is 2.87. The highest BCUT2D eigenvalue weighted by Crippen LogP contribution is 2.12. The summed E-state index contributed by atoms with van der Waals surface area (Å²) in [5.41, 5.74) is 1.64. The van der Waals surface area contributed by atoms with E-state index in [2.05, 4.69) is 10.2 Å². The first-order chi connectivity index (χ1) is 10.3. The molecule has 21 heavy (non-hydrogen) atoms. The van der Waals surface area contributed by atoms with Crippen molar-refractivity contribution in [3.8, 4) is 0 Å². The van der Waals surface area contributed by atoms with Gasteiger partial charge in [-0.15, -0.1) is 0 Å². The molecule has 0 unspecified atom stereocenters. The zero-order chi connectivity index (χ0) is 14.7. The lowest BCUT2D eigenvalue weighted by Gasteiger charge is -1.96. The maximum Gasteiger partial charge on any atom is 0.213 e. The molecule has 1 aromatic heterocycles. The minimum atomic E-state index is -0.209. The molecule has 0 aliphatic rings. The van der Waals surface area contributed by atoms with Crippen LogP contribution in [-0.2, 0) is 0 Å². The van der Waals surface area contributed by atoms with Gasteiger partial charge in [0.25, 0.3) is 0 Å². The highest BCUT2D eigenvalue weighted by molar-refractivity contribution is 6.11. The monoisotopic (exact) mass is 276 g/mol. The second-order valence-corrected chi connectivity index (χ2v) is 4.56. The molecule has 0 radical (unpaired) electrons. The van der Waals surface area contributed by atoms with E-state index < -0.39 is 0 Å². The highest BCUT2D eigenvalue weighted by atomic mass is 16.1. The Labute approximate surface area is 121 Å². The molecule has 3 rings (SSSR count). The number of hydrogen-bond donors (Lipinski definition) is 1. The molecule has 3 aromatic rings. The van der Waals surface area contributed by atoms with Crippen molar-refractivity contribution in [1.29, 1.82) is 0 Å². The maximum atomic E-state index is 12.2. The van der Waals surface area contributed by atoms with Crippen LogP contribution in [0.5, 0.6) is 0 Å². The van der Waals surface area contributed by atoms with E-state index in [1.807, 2.05) is 12.1 Å². The van der Waals surface area contributed by atoms with Gasteiger partial charge in [0.05, 0.1) is 0 Å². The van der Waals surface area contributed by atoms with Gasteiger partial charge in [0.2, 0.25) is 11.6 Å². The van der Waals surface area contributed by atoms with E-state index in [0.29, 0.717) is 16.8 Å². The summed E-state index contributed by atoms with van der Waals surface area (Å²) < 4.78 is 0. The van der Waals surface area contributed by atoms with Crippen molar-refractivity contribution < 1.29 is 9.59 Å². The topological polar surface area (TPSA) is 62.8 Å². The Bertz CT molecular complexity index is 711. The molecule has 1 N–H and O–H groups in total. The molecule has 0 aliphatic carbocycles. The first-order valence-electron chi connectivity index (χ1n) is 6.50. The Kier molecular flexibility index (Phi) is 3.43. The molecule has 0 atom stereocenters. The summed E-state index contributed by atoms with van der Waals surface area (Å²) in [6, 6.07) is 19.2. The molecular weight excluding hydrogens is 264 g/mol. The van der Waals surface area contributed by atoms with Gasteiger partial charge in [0.15, 0.2) is 0 Å². The van der Waals surface area contributed by atoms with Crippen LogP contribution in [0.3, 0.4) is 0 Å². The number of hydrogen-bond acceptors (Lipinski definition) is 3. The summed E-state index contributed by atoms with van der Waals surface area (Å²) >= 11 is 0. The Morgan fingerprint density at radius 2 is 1.29 bits per heavy atom. The average Bonchev–Trinajstić information content (AvgIpc) is 3.05. The van der Waals surface area contributed by atoms with Crippen molar-refractivity contribution in [3.05, 3.63) is 89.2 Å². The summed E-state index contributed by atoms with van der Waals surface area (Å²) in [5, 5.41) is 6.58. The minimum absolute atomic E-state index is 0.185. The van der Waals surface area contributed by atoms with Gasteiger partial charge in [-0.05, 0) is 6.07 Å². The molecule has 0 saturated heterocycles. The fraction of sp³-hybridized carbons (Fsp3) is 0. The number of aromatic amines is 1. The molecule has 1 heterocycles. The highest BCUT2D eigenvalue weighted by Gasteiger charge is 2.16. The second kappa shape index (κ2) is 5.54. The number of H-pyrrole nitrogens is 1. The molecule has 0 fully saturated rings. The molecule has 4 heteroatoms. The van der Waals surface area contributed by atoms with E-state index in [9.17, 15) is 9.59 Å². The molecule has 2 aromatic carbocycles. The number of nitrogens with zero attached hydrogens (tertiary/aromatic N) is 1. The van der Waals surface area contributed by atoms with Crippen LogP contribution in [0.4, 0.5) is 0 Å². The van der Waals surface area contributed by atoms with Crippen LogP contribution in [0.1, 0.15) is 32.1 Å². The normalized spacial score (nSPS) is 10.3. The van der Waals surface area contributed by atoms with Crippen molar-refractivity contribution in [2.75, 3.05) is 0 Å². The summed E-state index contributed by atoms with van der Waals surface area (Å²) in [6.45, 7) is 0. The Hall–Kier alpha value is -3.01. The van der Waals surface area contributed by atoms with E-state index in [1.165, 1.54) is 6.07 Å².